The van der Waals surface area contributed by atoms with Crippen molar-refractivity contribution >= 4 is 33.8 Å². The number of rotatable bonds is 1. The van der Waals surface area contributed by atoms with Crippen molar-refractivity contribution in [3.05, 3.63) is 36.3 Å². The van der Waals surface area contributed by atoms with E-state index in [1.165, 1.54) is 0 Å². The second-order valence-electron chi connectivity index (χ2n) is 5.00. The third kappa shape index (κ3) is 1.56. The van der Waals surface area contributed by atoms with Crippen molar-refractivity contribution in [1.29, 1.82) is 0 Å². The molecule has 0 aliphatic carbocycles. The van der Waals surface area contributed by atoms with Gasteiger partial charge in [0.15, 0.2) is 0 Å². The van der Waals surface area contributed by atoms with Crippen molar-refractivity contribution in [2.45, 2.75) is 18.8 Å². The van der Waals surface area contributed by atoms with Gasteiger partial charge in [-0.2, -0.15) is 0 Å². The van der Waals surface area contributed by atoms with Gasteiger partial charge in [-0.05, 0) is 18.6 Å². The van der Waals surface area contributed by atoms with Crippen LogP contribution in [0.15, 0.2) is 39.6 Å². The molecule has 1 aliphatic rings. The number of hydrogen-bond donors (Lipinski definition) is 1. The maximum Gasteiger partial charge on any atom is 0.234 e. The molecule has 3 aromatic rings. The SMILES string of the molecule is O=C1CC[C@@H](c2coc3cc4occc4cc23)C(=O)N1. The van der Waals surface area contributed by atoms with Gasteiger partial charge in [-0.1, -0.05) is 0 Å². The van der Waals surface area contributed by atoms with Crippen LogP contribution in [0.4, 0.5) is 0 Å². The Labute approximate surface area is 113 Å². The molecule has 100 valence electrons. The molecule has 1 atom stereocenters. The molecular formula is C15H11NO4. The van der Waals surface area contributed by atoms with Crippen LogP contribution in [-0.2, 0) is 9.59 Å². The van der Waals surface area contributed by atoms with Crippen LogP contribution in [-0.4, -0.2) is 11.8 Å². The van der Waals surface area contributed by atoms with Crippen molar-refractivity contribution in [2.75, 3.05) is 0 Å². The number of carbonyl (C=O) groups is 2. The van der Waals surface area contributed by atoms with Gasteiger partial charge < -0.3 is 8.83 Å². The molecule has 3 heterocycles. The smallest absolute Gasteiger partial charge is 0.234 e. The van der Waals surface area contributed by atoms with E-state index in [2.05, 4.69) is 5.32 Å². The van der Waals surface area contributed by atoms with E-state index in [1.807, 2.05) is 18.2 Å². The van der Waals surface area contributed by atoms with E-state index >= 15 is 0 Å². The highest BCUT2D eigenvalue weighted by molar-refractivity contribution is 6.04. The summed E-state index contributed by atoms with van der Waals surface area (Å²) in [5.74, 6) is -0.800. The summed E-state index contributed by atoms with van der Waals surface area (Å²) in [7, 11) is 0. The summed E-state index contributed by atoms with van der Waals surface area (Å²) in [6.45, 7) is 0. The van der Waals surface area contributed by atoms with Crippen LogP contribution in [0.25, 0.3) is 21.9 Å². The first-order chi connectivity index (χ1) is 9.72. The molecule has 1 aliphatic heterocycles. The highest BCUT2D eigenvalue weighted by Crippen LogP contribution is 2.34. The summed E-state index contributed by atoms with van der Waals surface area (Å²) in [5, 5.41) is 4.24. The Bertz CT molecular complexity index is 842. The molecule has 1 N–H and O–H groups in total. The van der Waals surface area contributed by atoms with E-state index in [-0.39, 0.29) is 17.7 Å². The molecule has 20 heavy (non-hydrogen) atoms. The van der Waals surface area contributed by atoms with Crippen molar-refractivity contribution in [3.63, 3.8) is 0 Å². The minimum atomic E-state index is -0.335. The number of carbonyl (C=O) groups excluding carboxylic acids is 2. The first-order valence-electron chi connectivity index (χ1n) is 6.44. The zero-order chi connectivity index (χ0) is 13.7. The Hall–Kier alpha value is -2.56. The van der Waals surface area contributed by atoms with Crippen molar-refractivity contribution in [2.24, 2.45) is 0 Å². The monoisotopic (exact) mass is 269 g/mol. The zero-order valence-corrected chi connectivity index (χ0v) is 10.5. The van der Waals surface area contributed by atoms with Gasteiger partial charge in [-0.25, -0.2) is 0 Å². The number of benzene rings is 1. The molecule has 0 spiro atoms. The minimum Gasteiger partial charge on any atom is -0.464 e. The van der Waals surface area contributed by atoms with Crippen LogP contribution in [0.1, 0.15) is 24.3 Å². The highest BCUT2D eigenvalue weighted by Gasteiger charge is 2.30. The van der Waals surface area contributed by atoms with E-state index < -0.39 is 0 Å². The van der Waals surface area contributed by atoms with Gasteiger partial charge >= 0.3 is 0 Å². The molecule has 0 bridgehead atoms. The summed E-state index contributed by atoms with van der Waals surface area (Å²) in [4.78, 5) is 23.2. The van der Waals surface area contributed by atoms with Gasteiger partial charge in [0.05, 0.1) is 18.4 Å². The Kier molecular flexibility index (Phi) is 2.24. The van der Waals surface area contributed by atoms with Gasteiger partial charge in [-0.3, -0.25) is 14.9 Å². The molecule has 5 heteroatoms. The Balaban J connectivity index is 1.86. The largest absolute Gasteiger partial charge is 0.464 e. The van der Waals surface area contributed by atoms with Gasteiger partial charge in [0.25, 0.3) is 0 Å². The molecule has 0 unspecified atom stereocenters. The van der Waals surface area contributed by atoms with E-state index in [1.54, 1.807) is 12.5 Å². The number of fused-ring (bicyclic) bond motifs is 2. The lowest BCUT2D eigenvalue weighted by Gasteiger charge is -2.19. The van der Waals surface area contributed by atoms with Crippen LogP contribution in [0.2, 0.25) is 0 Å². The lowest BCUT2D eigenvalue weighted by atomic mass is 9.90. The Morgan fingerprint density at radius 2 is 2.05 bits per heavy atom. The van der Waals surface area contributed by atoms with E-state index in [9.17, 15) is 9.59 Å². The first kappa shape index (κ1) is 11.3. The number of nitrogens with one attached hydrogen (secondary N) is 1. The van der Waals surface area contributed by atoms with E-state index in [4.69, 9.17) is 8.83 Å². The number of amides is 2. The molecule has 1 fully saturated rings. The first-order valence-corrected chi connectivity index (χ1v) is 6.44. The van der Waals surface area contributed by atoms with Gasteiger partial charge in [0.2, 0.25) is 11.8 Å². The van der Waals surface area contributed by atoms with Crippen LogP contribution in [0.3, 0.4) is 0 Å². The maximum atomic E-state index is 12.0. The molecule has 0 radical (unpaired) electrons. The molecular weight excluding hydrogens is 258 g/mol. The summed E-state index contributed by atoms with van der Waals surface area (Å²) in [6, 6.07) is 5.65. The normalized spacial score (nSPS) is 19.7. The lowest BCUT2D eigenvalue weighted by Crippen LogP contribution is -2.39. The summed E-state index contributed by atoms with van der Waals surface area (Å²) in [5.41, 5.74) is 2.27. The molecule has 2 aromatic heterocycles. The van der Waals surface area contributed by atoms with Crippen LogP contribution in [0, 0.1) is 0 Å². The molecule has 4 rings (SSSR count). The average molecular weight is 269 g/mol. The van der Waals surface area contributed by atoms with Crippen LogP contribution in [0.5, 0.6) is 0 Å². The third-order valence-corrected chi connectivity index (χ3v) is 3.79. The molecule has 0 saturated carbocycles. The average Bonchev–Trinajstić information content (AvgIpc) is 3.02. The zero-order valence-electron chi connectivity index (χ0n) is 10.5. The number of imide groups is 1. The highest BCUT2D eigenvalue weighted by atomic mass is 16.3. The Morgan fingerprint density at radius 1 is 1.15 bits per heavy atom. The fourth-order valence-corrected chi connectivity index (χ4v) is 2.76. The van der Waals surface area contributed by atoms with Crippen molar-refractivity contribution in [3.8, 4) is 0 Å². The molecule has 1 saturated heterocycles. The number of furan rings is 2. The van der Waals surface area contributed by atoms with Crippen molar-refractivity contribution < 1.29 is 18.4 Å². The lowest BCUT2D eigenvalue weighted by molar-refractivity contribution is -0.134. The summed E-state index contributed by atoms with van der Waals surface area (Å²) < 4.78 is 10.9. The predicted octanol–water partition coefficient (Wildman–Crippen LogP) is 2.70. The number of piperidine rings is 1. The molecule has 1 aromatic carbocycles. The van der Waals surface area contributed by atoms with Crippen LogP contribution < -0.4 is 5.32 Å². The van der Waals surface area contributed by atoms with Gasteiger partial charge in [0.1, 0.15) is 11.2 Å². The third-order valence-electron chi connectivity index (χ3n) is 3.79. The summed E-state index contributed by atoms with van der Waals surface area (Å²) >= 11 is 0. The summed E-state index contributed by atoms with van der Waals surface area (Å²) in [6.07, 6.45) is 4.10. The van der Waals surface area contributed by atoms with Gasteiger partial charge in [-0.15, -0.1) is 0 Å². The fourth-order valence-electron chi connectivity index (χ4n) is 2.76. The van der Waals surface area contributed by atoms with Crippen molar-refractivity contribution in [1.82, 2.24) is 5.32 Å². The maximum absolute atomic E-state index is 12.0. The number of hydrogen-bond acceptors (Lipinski definition) is 4. The topological polar surface area (TPSA) is 72.5 Å². The quantitative estimate of drug-likeness (QED) is 0.689. The van der Waals surface area contributed by atoms with Crippen LogP contribution >= 0.6 is 0 Å². The minimum absolute atomic E-state index is 0.212. The second-order valence-corrected chi connectivity index (χ2v) is 5.00. The Morgan fingerprint density at radius 3 is 2.90 bits per heavy atom. The predicted molar refractivity (Wildman–Crippen MR) is 71.1 cm³/mol. The molecule has 2 amide bonds. The molecule has 5 nitrogen and oxygen atoms in total. The van der Waals surface area contributed by atoms with Gasteiger partial charge in [0, 0.05) is 28.8 Å². The van der Waals surface area contributed by atoms with E-state index in [0.29, 0.717) is 18.4 Å². The second kappa shape index (κ2) is 3.96. The fraction of sp³-hybridized carbons (Fsp3) is 0.200. The standard InChI is InChI=1S/C15H11NO4/c17-14-2-1-9(15(18)16-14)11-7-20-13-6-12-8(3-4-19-12)5-10(11)13/h3-7,9H,1-2H2,(H,16,17,18)/t9-/m0/s1. The van der Waals surface area contributed by atoms with E-state index in [0.717, 1.165) is 21.9 Å².